The summed E-state index contributed by atoms with van der Waals surface area (Å²) in [5.41, 5.74) is 8.09. The zero-order valence-electron chi connectivity index (χ0n) is 12.1. The lowest BCUT2D eigenvalue weighted by molar-refractivity contribution is -0.118. The molecule has 0 unspecified atom stereocenters. The Morgan fingerprint density at radius 3 is 2.00 bits per heavy atom. The van der Waals surface area contributed by atoms with Gasteiger partial charge in [0.05, 0.1) is 0 Å². The zero-order valence-corrected chi connectivity index (χ0v) is 12.1. The van der Waals surface area contributed by atoms with Gasteiger partial charge in [-0.15, -0.1) is 0 Å². The molecular formula is C17H19FN2O. The number of amides is 1. The predicted molar refractivity (Wildman–Crippen MR) is 82.5 cm³/mol. The van der Waals surface area contributed by atoms with Gasteiger partial charge in [0.15, 0.2) is 0 Å². The minimum absolute atomic E-state index is 0.344. The van der Waals surface area contributed by atoms with E-state index in [0.29, 0.717) is 11.5 Å². The molecule has 0 aliphatic carbocycles. The number of hydrogen-bond donors (Lipinski definition) is 2. The van der Waals surface area contributed by atoms with Crippen LogP contribution in [-0.4, -0.2) is 5.91 Å². The standard InChI is InChI=1S/C17H19FN2O/c1-11(2)12-5-9-15(10-6-12)20-16(17(19)21)13-3-7-14(18)8-4-13/h3-11,16,20H,1-2H3,(H2,19,21)/t16-/m1/s1. The molecule has 0 radical (unpaired) electrons. The highest BCUT2D eigenvalue weighted by atomic mass is 19.1. The fourth-order valence-electron chi connectivity index (χ4n) is 2.10. The first-order valence-electron chi connectivity index (χ1n) is 6.88. The first-order valence-corrected chi connectivity index (χ1v) is 6.88. The number of halogens is 1. The third-order valence-electron chi connectivity index (χ3n) is 3.38. The van der Waals surface area contributed by atoms with E-state index in [1.165, 1.54) is 17.7 Å². The number of carbonyl (C=O) groups is 1. The zero-order chi connectivity index (χ0) is 15.4. The second-order valence-corrected chi connectivity index (χ2v) is 5.31. The van der Waals surface area contributed by atoms with Crippen molar-refractivity contribution in [3.8, 4) is 0 Å². The maximum atomic E-state index is 13.0. The van der Waals surface area contributed by atoms with Gasteiger partial charge in [0.1, 0.15) is 11.9 Å². The molecule has 1 atom stereocenters. The maximum absolute atomic E-state index is 13.0. The number of primary amides is 1. The molecular weight excluding hydrogens is 267 g/mol. The summed E-state index contributed by atoms with van der Waals surface area (Å²) >= 11 is 0. The van der Waals surface area contributed by atoms with Crippen molar-refractivity contribution in [2.45, 2.75) is 25.8 Å². The van der Waals surface area contributed by atoms with Crippen LogP contribution in [0.3, 0.4) is 0 Å². The van der Waals surface area contributed by atoms with Crippen molar-refractivity contribution in [1.82, 2.24) is 0 Å². The number of benzene rings is 2. The third kappa shape index (κ3) is 3.81. The molecule has 0 bridgehead atoms. The Morgan fingerprint density at radius 1 is 1.00 bits per heavy atom. The van der Waals surface area contributed by atoms with Gasteiger partial charge in [-0.25, -0.2) is 4.39 Å². The van der Waals surface area contributed by atoms with Crippen LogP contribution in [-0.2, 0) is 4.79 Å². The van der Waals surface area contributed by atoms with E-state index in [4.69, 9.17) is 5.73 Å². The highest BCUT2D eigenvalue weighted by molar-refractivity contribution is 5.84. The van der Waals surface area contributed by atoms with Crippen molar-refractivity contribution in [2.24, 2.45) is 5.73 Å². The highest BCUT2D eigenvalue weighted by Crippen LogP contribution is 2.22. The van der Waals surface area contributed by atoms with E-state index in [9.17, 15) is 9.18 Å². The lowest BCUT2D eigenvalue weighted by Gasteiger charge is -2.17. The number of rotatable bonds is 5. The number of hydrogen-bond acceptors (Lipinski definition) is 2. The monoisotopic (exact) mass is 286 g/mol. The van der Waals surface area contributed by atoms with Crippen LogP contribution >= 0.6 is 0 Å². The summed E-state index contributed by atoms with van der Waals surface area (Å²) in [6, 6.07) is 12.9. The van der Waals surface area contributed by atoms with Crippen molar-refractivity contribution in [1.29, 1.82) is 0 Å². The Bertz CT molecular complexity index is 606. The molecule has 0 spiro atoms. The maximum Gasteiger partial charge on any atom is 0.244 e. The van der Waals surface area contributed by atoms with Crippen LogP contribution in [0.1, 0.15) is 36.9 Å². The Labute approximate surface area is 124 Å². The molecule has 0 aromatic heterocycles. The molecule has 2 aromatic rings. The third-order valence-corrected chi connectivity index (χ3v) is 3.38. The van der Waals surface area contributed by atoms with Gasteiger partial charge in [0, 0.05) is 5.69 Å². The fraction of sp³-hybridized carbons (Fsp3) is 0.235. The SMILES string of the molecule is CC(C)c1ccc(N[C@@H](C(N)=O)c2ccc(F)cc2)cc1. The minimum atomic E-state index is -0.685. The van der Waals surface area contributed by atoms with Crippen LogP contribution in [0.5, 0.6) is 0 Å². The molecule has 21 heavy (non-hydrogen) atoms. The molecule has 0 fully saturated rings. The smallest absolute Gasteiger partial charge is 0.244 e. The van der Waals surface area contributed by atoms with E-state index in [2.05, 4.69) is 19.2 Å². The van der Waals surface area contributed by atoms with Gasteiger partial charge < -0.3 is 11.1 Å². The van der Waals surface area contributed by atoms with Gasteiger partial charge in [-0.1, -0.05) is 38.1 Å². The molecule has 3 N–H and O–H groups in total. The Hall–Kier alpha value is -2.36. The van der Waals surface area contributed by atoms with Crippen LogP contribution in [0.2, 0.25) is 0 Å². The molecule has 0 aliphatic heterocycles. The topological polar surface area (TPSA) is 55.1 Å². The van der Waals surface area contributed by atoms with E-state index in [1.807, 2.05) is 24.3 Å². The van der Waals surface area contributed by atoms with Crippen LogP contribution in [0, 0.1) is 5.82 Å². The summed E-state index contributed by atoms with van der Waals surface area (Å²) < 4.78 is 13.0. The van der Waals surface area contributed by atoms with E-state index in [-0.39, 0.29) is 5.82 Å². The second-order valence-electron chi connectivity index (χ2n) is 5.31. The van der Waals surface area contributed by atoms with Gasteiger partial charge in [-0.2, -0.15) is 0 Å². The summed E-state index contributed by atoms with van der Waals surface area (Å²) in [4.78, 5) is 11.6. The lowest BCUT2D eigenvalue weighted by Crippen LogP contribution is -2.27. The number of nitrogens with two attached hydrogens (primary N) is 1. The largest absolute Gasteiger partial charge is 0.370 e. The predicted octanol–water partition coefficient (Wildman–Crippen LogP) is 3.59. The van der Waals surface area contributed by atoms with Gasteiger partial charge in [-0.3, -0.25) is 4.79 Å². The fourth-order valence-corrected chi connectivity index (χ4v) is 2.10. The van der Waals surface area contributed by atoms with Crippen molar-refractivity contribution in [3.05, 3.63) is 65.5 Å². The number of anilines is 1. The quantitative estimate of drug-likeness (QED) is 0.882. The summed E-state index contributed by atoms with van der Waals surface area (Å²) in [5.74, 6) is -0.402. The minimum Gasteiger partial charge on any atom is -0.370 e. The molecule has 2 rings (SSSR count). The molecule has 0 heterocycles. The lowest BCUT2D eigenvalue weighted by atomic mass is 10.0. The van der Waals surface area contributed by atoms with E-state index in [1.54, 1.807) is 12.1 Å². The van der Waals surface area contributed by atoms with Gasteiger partial charge in [0.2, 0.25) is 5.91 Å². The molecule has 4 heteroatoms. The van der Waals surface area contributed by atoms with E-state index in [0.717, 1.165) is 5.69 Å². The van der Waals surface area contributed by atoms with Crippen molar-refractivity contribution < 1.29 is 9.18 Å². The summed E-state index contributed by atoms with van der Waals surface area (Å²) in [6.07, 6.45) is 0. The van der Waals surface area contributed by atoms with Crippen molar-refractivity contribution in [2.75, 3.05) is 5.32 Å². The number of nitrogens with one attached hydrogen (secondary N) is 1. The molecule has 0 aliphatic rings. The van der Waals surface area contributed by atoms with Gasteiger partial charge >= 0.3 is 0 Å². The van der Waals surface area contributed by atoms with Crippen LogP contribution < -0.4 is 11.1 Å². The van der Waals surface area contributed by atoms with Crippen LogP contribution in [0.4, 0.5) is 10.1 Å². The average molecular weight is 286 g/mol. The van der Waals surface area contributed by atoms with Gasteiger partial charge in [-0.05, 0) is 41.3 Å². The van der Waals surface area contributed by atoms with Crippen molar-refractivity contribution in [3.63, 3.8) is 0 Å². The molecule has 1 amide bonds. The summed E-state index contributed by atoms with van der Waals surface area (Å²) in [5, 5.41) is 3.08. The first-order chi connectivity index (χ1) is 9.97. The Balaban J connectivity index is 2.20. The molecule has 0 saturated heterocycles. The highest BCUT2D eigenvalue weighted by Gasteiger charge is 2.17. The second kappa shape index (κ2) is 6.39. The summed E-state index contributed by atoms with van der Waals surface area (Å²) in [6.45, 7) is 4.24. The van der Waals surface area contributed by atoms with Crippen molar-refractivity contribution >= 4 is 11.6 Å². The van der Waals surface area contributed by atoms with Gasteiger partial charge in [0.25, 0.3) is 0 Å². The number of carbonyl (C=O) groups excluding carboxylic acids is 1. The molecule has 2 aromatic carbocycles. The van der Waals surface area contributed by atoms with E-state index < -0.39 is 11.9 Å². The first kappa shape index (κ1) is 15.0. The Morgan fingerprint density at radius 2 is 1.52 bits per heavy atom. The Kier molecular flexibility index (Phi) is 4.58. The molecule has 110 valence electrons. The summed E-state index contributed by atoms with van der Waals surface area (Å²) in [7, 11) is 0. The van der Waals surface area contributed by atoms with Crippen LogP contribution in [0.15, 0.2) is 48.5 Å². The van der Waals surface area contributed by atoms with E-state index >= 15 is 0 Å². The van der Waals surface area contributed by atoms with Crippen LogP contribution in [0.25, 0.3) is 0 Å². The molecule has 3 nitrogen and oxygen atoms in total. The normalized spacial score (nSPS) is 12.2. The average Bonchev–Trinajstić information content (AvgIpc) is 2.46. The molecule has 0 saturated carbocycles.